The van der Waals surface area contributed by atoms with Gasteiger partial charge in [0.05, 0.1) is 6.10 Å². The van der Waals surface area contributed by atoms with Crippen LogP contribution < -0.4 is 0 Å². The van der Waals surface area contributed by atoms with Crippen LogP contribution in [0.4, 0.5) is 0 Å². The lowest BCUT2D eigenvalue weighted by Gasteiger charge is -2.58. The van der Waals surface area contributed by atoms with Gasteiger partial charge in [-0.2, -0.15) is 0 Å². The summed E-state index contributed by atoms with van der Waals surface area (Å²) in [6.45, 7) is 10.8. The lowest BCUT2D eigenvalue weighted by Crippen LogP contribution is -2.50. The van der Waals surface area contributed by atoms with Crippen molar-refractivity contribution in [2.45, 2.75) is 117 Å². The number of hydrogen-bond donors (Lipinski definition) is 1. The van der Waals surface area contributed by atoms with Gasteiger partial charge in [0.25, 0.3) is 0 Å². The SMILES string of the molecule is C[C@H](CCC(=O)N1CCC[C@H]1C)[C@H]1CC[C@H]2[C@@H]3CC=C4C[C@@H](O)CC[C@]4(C)[C@H]3CC[C@]12C. The molecule has 1 N–H and O–H groups in total. The Kier molecular flexibility index (Phi) is 6.05. The fraction of sp³-hybridized carbons (Fsp3) is 0.897. The van der Waals surface area contributed by atoms with Crippen molar-refractivity contribution in [1.82, 2.24) is 4.90 Å². The van der Waals surface area contributed by atoms with E-state index in [-0.39, 0.29) is 6.10 Å². The number of carbonyl (C=O) groups is 1. The molecule has 1 heterocycles. The zero-order chi connectivity index (χ0) is 22.7. The molecule has 5 aliphatic rings. The Bertz CT molecular complexity index is 760. The molecule has 1 saturated heterocycles. The molecular formula is C29H47NO2. The van der Waals surface area contributed by atoms with Gasteiger partial charge in [0.1, 0.15) is 0 Å². The number of amides is 1. The minimum atomic E-state index is -0.109. The highest BCUT2D eigenvalue weighted by Gasteiger charge is 2.59. The van der Waals surface area contributed by atoms with Crippen LogP contribution in [0, 0.1) is 40.4 Å². The minimum Gasteiger partial charge on any atom is -0.393 e. The largest absolute Gasteiger partial charge is 0.393 e. The number of nitrogens with zero attached hydrogens (tertiary/aromatic N) is 1. The van der Waals surface area contributed by atoms with Gasteiger partial charge in [0, 0.05) is 19.0 Å². The first-order valence-electron chi connectivity index (χ1n) is 13.9. The van der Waals surface area contributed by atoms with E-state index in [4.69, 9.17) is 0 Å². The van der Waals surface area contributed by atoms with Crippen molar-refractivity contribution in [2.24, 2.45) is 40.4 Å². The molecule has 32 heavy (non-hydrogen) atoms. The summed E-state index contributed by atoms with van der Waals surface area (Å²) in [6.07, 6.45) is 16.5. The molecule has 5 rings (SSSR count). The molecule has 3 heteroatoms. The van der Waals surface area contributed by atoms with Gasteiger partial charge in [-0.05, 0) is 118 Å². The fourth-order valence-corrected chi connectivity index (χ4v) is 9.62. The van der Waals surface area contributed by atoms with E-state index in [0.29, 0.717) is 28.7 Å². The summed E-state index contributed by atoms with van der Waals surface area (Å²) in [7, 11) is 0. The zero-order valence-electron chi connectivity index (χ0n) is 21.1. The zero-order valence-corrected chi connectivity index (χ0v) is 21.1. The minimum absolute atomic E-state index is 0.109. The number of fused-ring (bicyclic) bond motifs is 5. The van der Waals surface area contributed by atoms with Crippen molar-refractivity contribution in [3.8, 4) is 0 Å². The molecule has 1 aliphatic heterocycles. The average molecular weight is 442 g/mol. The molecule has 0 bridgehead atoms. The lowest BCUT2D eigenvalue weighted by atomic mass is 9.47. The number of allylic oxidation sites excluding steroid dienone is 1. The van der Waals surface area contributed by atoms with E-state index in [1.165, 1.54) is 51.4 Å². The summed E-state index contributed by atoms with van der Waals surface area (Å²) in [5.74, 6) is 4.34. The van der Waals surface area contributed by atoms with Crippen LogP contribution in [0.5, 0.6) is 0 Å². The molecule has 3 saturated carbocycles. The first kappa shape index (κ1) is 22.9. The van der Waals surface area contributed by atoms with Gasteiger partial charge in [-0.15, -0.1) is 0 Å². The van der Waals surface area contributed by atoms with Crippen LogP contribution in [0.15, 0.2) is 11.6 Å². The van der Waals surface area contributed by atoms with Crippen LogP contribution >= 0.6 is 0 Å². The maximum absolute atomic E-state index is 12.8. The molecule has 1 amide bonds. The Hall–Kier alpha value is -0.830. The Labute approximate surface area is 196 Å². The molecule has 0 aromatic carbocycles. The van der Waals surface area contributed by atoms with Crippen LogP contribution in [0.2, 0.25) is 0 Å². The molecule has 4 aliphatic carbocycles. The summed E-state index contributed by atoms with van der Waals surface area (Å²) in [5, 5.41) is 10.3. The van der Waals surface area contributed by atoms with Gasteiger partial charge in [-0.25, -0.2) is 0 Å². The maximum Gasteiger partial charge on any atom is 0.222 e. The van der Waals surface area contributed by atoms with Crippen LogP contribution in [0.3, 0.4) is 0 Å². The van der Waals surface area contributed by atoms with E-state index in [2.05, 4.69) is 38.7 Å². The lowest BCUT2D eigenvalue weighted by molar-refractivity contribution is -0.132. The highest BCUT2D eigenvalue weighted by atomic mass is 16.3. The Balaban J connectivity index is 1.26. The first-order valence-corrected chi connectivity index (χ1v) is 13.9. The van der Waals surface area contributed by atoms with Crippen LogP contribution in [-0.2, 0) is 4.79 Å². The second-order valence-electron chi connectivity index (χ2n) is 13.0. The summed E-state index contributed by atoms with van der Waals surface area (Å²) in [4.78, 5) is 15.0. The van der Waals surface area contributed by atoms with Crippen molar-refractivity contribution in [2.75, 3.05) is 6.54 Å². The summed E-state index contributed by atoms with van der Waals surface area (Å²) < 4.78 is 0. The van der Waals surface area contributed by atoms with Crippen LogP contribution in [-0.4, -0.2) is 34.6 Å². The van der Waals surface area contributed by atoms with E-state index in [1.54, 1.807) is 5.57 Å². The predicted molar refractivity (Wildman–Crippen MR) is 130 cm³/mol. The third-order valence-electron chi connectivity index (χ3n) is 11.5. The van der Waals surface area contributed by atoms with Crippen molar-refractivity contribution >= 4 is 5.91 Å². The quantitative estimate of drug-likeness (QED) is 0.516. The highest BCUT2D eigenvalue weighted by Crippen LogP contribution is 2.67. The normalized spacial score (nSPS) is 46.8. The van der Waals surface area contributed by atoms with E-state index in [0.717, 1.165) is 55.9 Å². The topological polar surface area (TPSA) is 40.5 Å². The third-order valence-corrected chi connectivity index (χ3v) is 11.5. The van der Waals surface area contributed by atoms with Crippen LogP contribution in [0.25, 0.3) is 0 Å². The Morgan fingerprint density at radius 3 is 2.72 bits per heavy atom. The summed E-state index contributed by atoms with van der Waals surface area (Å²) in [6, 6.07) is 0.452. The first-order chi connectivity index (χ1) is 15.2. The predicted octanol–water partition coefficient (Wildman–Crippen LogP) is 6.35. The number of likely N-dealkylation sites (tertiary alicyclic amines) is 1. The van der Waals surface area contributed by atoms with E-state index in [1.807, 2.05) is 0 Å². The van der Waals surface area contributed by atoms with Crippen molar-refractivity contribution in [3.63, 3.8) is 0 Å². The third kappa shape index (κ3) is 3.60. The molecular weight excluding hydrogens is 394 g/mol. The molecule has 0 spiro atoms. The number of aliphatic hydroxyl groups is 1. The summed E-state index contributed by atoms with van der Waals surface area (Å²) >= 11 is 0. The standard InChI is InChI=1S/C29H47NO2/c1-19(7-12-27(32)30-17-5-6-20(30)2)24-10-11-25-23-9-8-21-18-22(31)13-15-28(21,3)26(23)14-16-29(24,25)4/h8,19-20,22-26,31H,5-7,9-18H2,1-4H3/t19-,20-,22+,23+,24-,25+,26+,28+,29-/m1/s1. The number of hydrogen-bond acceptors (Lipinski definition) is 2. The van der Waals surface area contributed by atoms with E-state index < -0.39 is 0 Å². The molecule has 0 aromatic heterocycles. The fourth-order valence-electron chi connectivity index (χ4n) is 9.62. The molecule has 0 aromatic rings. The van der Waals surface area contributed by atoms with Gasteiger partial charge >= 0.3 is 0 Å². The van der Waals surface area contributed by atoms with E-state index >= 15 is 0 Å². The smallest absolute Gasteiger partial charge is 0.222 e. The molecule has 3 nitrogen and oxygen atoms in total. The second-order valence-corrected chi connectivity index (χ2v) is 13.0. The van der Waals surface area contributed by atoms with Gasteiger partial charge in [-0.3, -0.25) is 4.79 Å². The van der Waals surface area contributed by atoms with Crippen molar-refractivity contribution in [3.05, 3.63) is 11.6 Å². The highest BCUT2D eigenvalue weighted by molar-refractivity contribution is 5.76. The van der Waals surface area contributed by atoms with Crippen LogP contribution in [0.1, 0.15) is 105 Å². The summed E-state index contributed by atoms with van der Waals surface area (Å²) in [5.41, 5.74) is 2.38. The molecule has 9 atom stereocenters. The van der Waals surface area contributed by atoms with Gasteiger partial charge in [0.2, 0.25) is 5.91 Å². The Morgan fingerprint density at radius 2 is 1.97 bits per heavy atom. The van der Waals surface area contributed by atoms with Gasteiger partial charge in [0.15, 0.2) is 0 Å². The van der Waals surface area contributed by atoms with Crippen molar-refractivity contribution in [1.29, 1.82) is 0 Å². The molecule has 0 unspecified atom stereocenters. The number of carbonyl (C=O) groups excluding carboxylic acids is 1. The van der Waals surface area contributed by atoms with Gasteiger partial charge < -0.3 is 10.0 Å². The van der Waals surface area contributed by atoms with Gasteiger partial charge in [-0.1, -0.05) is 32.4 Å². The number of aliphatic hydroxyl groups excluding tert-OH is 1. The maximum atomic E-state index is 12.8. The monoisotopic (exact) mass is 441 g/mol. The second kappa shape index (κ2) is 8.43. The molecule has 180 valence electrons. The molecule has 0 radical (unpaired) electrons. The van der Waals surface area contributed by atoms with Crippen molar-refractivity contribution < 1.29 is 9.90 Å². The van der Waals surface area contributed by atoms with E-state index in [9.17, 15) is 9.90 Å². The average Bonchev–Trinajstić information content (AvgIpc) is 3.35. The number of rotatable bonds is 4. The Morgan fingerprint density at radius 1 is 1.16 bits per heavy atom. The molecule has 4 fully saturated rings.